The number of hydrogen-bond donors (Lipinski definition) is 1. The van der Waals surface area contributed by atoms with Crippen molar-refractivity contribution in [3.8, 4) is 11.4 Å². The van der Waals surface area contributed by atoms with Gasteiger partial charge in [-0.3, -0.25) is 9.80 Å². The highest BCUT2D eigenvalue weighted by atomic mass is 35.5. The molecule has 1 aliphatic carbocycles. The van der Waals surface area contributed by atoms with Crippen LogP contribution in [-0.4, -0.2) is 71.4 Å². The lowest BCUT2D eigenvalue weighted by molar-refractivity contribution is 0.122. The summed E-state index contributed by atoms with van der Waals surface area (Å²) in [4.78, 5) is 32.2. The number of carbonyl (C=O) groups excluding carboxylic acids is 1. The second-order valence-electron chi connectivity index (χ2n) is 9.19. The molecule has 9 nitrogen and oxygen atoms in total. The van der Waals surface area contributed by atoms with Gasteiger partial charge >= 0.3 is 6.03 Å². The van der Waals surface area contributed by atoms with Crippen molar-refractivity contribution >= 4 is 45.7 Å². The number of aromatic nitrogens is 3. The van der Waals surface area contributed by atoms with E-state index in [1.54, 1.807) is 30.5 Å². The summed E-state index contributed by atoms with van der Waals surface area (Å²) in [5, 5.41) is 0.859. The molecule has 2 saturated heterocycles. The Bertz CT molecular complexity index is 1480. The minimum atomic E-state index is -1.53. The normalized spacial score (nSPS) is 21.6. The number of ether oxygens (including phenoxy) is 1. The highest BCUT2D eigenvalue weighted by molar-refractivity contribution is 7.16. The molecule has 6 rings (SSSR count). The van der Waals surface area contributed by atoms with Gasteiger partial charge in [-0.1, -0.05) is 23.8 Å². The van der Waals surface area contributed by atoms with Gasteiger partial charge in [-0.05, 0) is 30.3 Å². The summed E-state index contributed by atoms with van der Waals surface area (Å²) < 4.78 is 35.4. The van der Waals surface area contributed by atoms with Crippen LogP contribution in [0.25, 0.3) is 11.4 Å². The average Bonchev–Trinajstić information content (AvgIpc) is 3.54. The summed E-state index contributed by atoms with van der Waals surface area (Å²) in [6, 6.07) is 5.12. The number of urea groups is 1. The summed E-state index contributed by atoms with van der Waals surface area (Å²) in [5.41, 5.74) is 7.50. The molecule has 0 radical (unpaired) electrons. The number of nitrogen functional groups attached to an aromatic ring is 1. The number of allylic oxidation sites excluding steroid dienone is 4. The van der Waals surface area contributed by atoms with E-state index in [9.17, 15) is 9.18 Å². The maximum absolute atomic E-state index is 16.4. The molecule has 0 saturated carbocycles. The molecule has 2 atom stereocenters. The van der Waals surface area contributed by atoms with E-state index in [0.29, 0.717) is 48.3 Å². The van der Waals surface area contributed by atoms with Crippen molar-refractivity contribution in [2.75, 3.05) is 54.9 Å². The molecule has 2 N–H and O–H groups in total. The van der Waals surface area contributed by atoms with Crippen LogP contribution < -0.4 is 15.5 Å². The first kappa shape index (κ1) is 25.7. The molecular weight excluding hydrogens is 548 g/mol. The van der Waals surface area contributed by atoms with Crippen molar-refractivity contribution in [2.24, 2.45) is 0 Å². The molecule has 202 valence electrons. The molecule has 2 aromatic heterocycles. The van der Waals surface area contributed by atoms with E-state index in [2.05, 4.69) is 14.9 Å². The maximum Gasteiger partial charge on any atom is 0.328 e. The highest BCUT2D eigenvalue weighted by Gasteiger charge is 2.40. The number of halogens is 3. The molecule has 2 unspecified atom stereocenters. The van der Waals surface area contributed by atoms with Gasteiger partial charge in [0.15, 0.2) is 11.3 Å². The third kappa shape index (κ3) is 4.83. The Morgan fingerprint density at radius 2 is 1.90 bits per heavy atom. The number of benzene rings is 1. The first-order valence-electron chi connectivity index (χ1n) is 12.4. The zero-order chi connectivity index (χ0) is 27.1. The lowest BCUT2D eigenvalue weighted by atomic mass is 9.92. The predicted octanol–water partition coefficient (Wildman–Crippen LogP) is 4.63. The number of hydrogen-bond acceptors (Lipinski definition) is 8. The topological polar surface area (TPSA) is 101 Å². The maximum atomic E-state index is 16.4. The number of anilines is 3. The largest absolute Gasteiger partial charge is 0.378 e. The fourth-order valence-electron chi connectivity index (χ4n) is 4.93. The van der Waals surface area contributed by atoms with Crippen molar-refractivity contribution < 1.29 is 18.3 Å². The van der Waals surface area contributed by atoms with Crippen LogP contribution in [0.3, 0.4) is 0 Å². The zero-order valence-corrected chi connectivity index (χ0v) is 22.2. The van der Waals surface area contributed by atoms with E-state index < -0.39 is 23.9 Å². The van der Waals surface area contributed by atoms with Gasteiger partial charge in [0.05, 0.1) is 41.2 Å². The number of carbonyl (C=O) groups is 1. The Morgan fingerprint density at radius 1 is 1.10 bits per heavy atom. The molecule has 2 aliphatic heterocycles. The average molecular weight is 572 g/mol. The molecule has 4 heterocycles. The summed E-state index contributed by atoms with van der Waals surface area (Å²) >= 11 is 7.60. The predicted molar refractivity (Wildman–Crippen MR) is 146 cm³/mol. The number of amides is 2. The summed E-state index contributed by atoms with van der Waals surface area (Å²) in [7, 11) is 0. The summed E-state index contributed by atoms with van der Waals surface area (Å²) in [6.07, 6.45) is 5.15. The van der Waals surface area contributed by atoms with Crippen LogP contribution in [0, 0.1) is 5.82 Å². The quantitative estimate of drug-likeness (QED) is 0.476. The van der Waals surface area contributed by atoms with E-state index in [1.165, 1.54) is 33.3 Å². The molecule has 0 bridgehead atoms. The molecule has 13 heteroatoms. The van der Waals surface area contributed by atoms with Crippen molar-refractivity contribution in [3.05, 3.63) is 70.1 Å². The van der Waals surface area contributed by atoms with Gasteiger partial charge < -0.3 is 15.4 Å². The monoisotopic (exact) mass is 571 g/mol. The van der Waals surface area contributed by atoms with E-state index in [1.807, 2.05) is 0 Å². The molecule has 2 amide bonds. The minimum Gasteiger partial charge on any atom is -0.378 e. The first-order valence-corrected chi connectivity index (χ1v) is 13.6. The minimum absolute atomic E-state index is 0.0955. The van der Waals surface area contributed by atoms with Crippen LogP contribution in [0.1, 0.15) is 10.8 Å². The van der Waals surface area contributed by atoms with Crippen molar-refractivity contribution in [3.63, 3.8) is 0 Å². The Labute approximate surface area is 232 Å². The number of nitrogens with two attached hydrogens (primary N) is 1. The van der Waals surface area contributed by atoms with Crippen LogP contribution in [0.4, 0.5) is 30.3 Å². The van der Waals surface area contributed by atoms with Gasteiger partial charge in [-0.15, -0.1) is 11.3 Å². The van der Waals surface area contributed by atoms with Crippen molar-refractivity contribution in [1.29, 1.82) is 0 Å². The number of morpholine rings is 1. The lowest BCUT2D eigenvalue weighted by Crippen LogP contribution is -2.36. The van der Waals surface area contributed by atoms with Crippen LogP contribution in [0.5, 0.6) is 0 Å². The van der Waals surface area contributed by atoms with E-state index in [-0.39, 0.29) is 29.8 Å². The van der Waals surface area contributed by atoms with E-state index >= 15 is 4.39 Å². The number of thiazole rings is 1. The fraction of sp³-hybridized carbons (Fsp3) is 0.308. The lowest BCUT2D eigenvalue weighted by Gasteiger charge is -2.29. The molecule has 3 aliphatic rings. The molecular formula is C26H24ClF2N7O2S. The van der Waals surface area contributed by atoms with Crippen LogP contribution >= 0.6 is 22.9 Å². The van der Waals surface area contributed by atoms with Gasteiger partial charge in [0, 0.05) is 37.3 Å². The van der Waals surface area contributed by atoms with Gasteiger partial charge in [-0.2, -0.15) is 0 Å². The van der Waals surface area contributed by atoms with E-state index in [0.717, 1.165) is 11.2 Å². The molecule has 39 heavy (non-hydrogen) atoms. The second-order valence-corrected chi connectivity index (χ2v) is 10.6. The third-order valence-corrected chi connectivity index (χ3v) is 8.37. The van der Waals surface area contributed by atoms with Gasteiger partial charge in [0.2, 0.25) is 5.95 Å². The standard InChI is InChI=1S/C26H24ClF2N7O2S/c27-17-14-15(28)4-5-19(17)35-8-9-36(26(35)37)20-3-1-2-16(21(20)29)23-22(18-6-7-31-24(30)32-18)33-25(39-23)34-10-12-38-13-11-34/h1-7,14,16,21H,8-13H2,(H2,30,31,32). The molecule has 1 aromatic carbocycles. The Balaban J connectivity index is 1.31. The zero-order valence-electron chi connectivity index (χ0n) is 20.6. The van der Waals surface area contributed by atoms with Crippen LogP contribution in [0.2, 0.25) is 5.02 Å². The smallest absolute Gasteiger partial charge is 0.328 e. The number of nitrogens with zero attached hydrogens (tertiary/aromatic N) is 6. The number of rotatable bonds is 5. The Morgan fingerprint density at radius 3 is 2.67 bits per heavy atom. The Hall–Kier alpha value is -3.61. The molecule has 0 spiro atoms. The molecule has 2 fully saturated rings. The summed E-state index contributed by atoms with van der Waals surface area (Å²) in [6.45, 7) is 3.06. The van der Waals surface area contributed by atoms with Crippen LogP contribution in [-0.2, 0) is 4.74 Å². The van der Waals surface area contributed by atoms with Gasteiger partial charge in [-0.25, -0.2) is 28.5 Å². The Kier molecular flexibility index (Phi) is 6.92. The second kappa shape index (κ2) is 10.5. The van der Waals surface area contributed by atoms with Crippen molar-refractivity contribution in [1.82, 2.24) is 19.9 Å². The summed E-state index contributed by atoms with van der Waals surface area (Å²) in [5.74, 6) is -1.11. The number of alkyl halides is 1. The van der Waals surface area contributed by atoms with Crippen molar-refractivity contribution in [2.45, 2.75) is 12.1 Å². The first-order chi connectivity index (χ1) is 18.9. The fourth-order valence-corrected chi connectivity index (χ4v) is 6.43. The SMILES string of the molecule is Nc1nccc(-c2nc(N3CCOCC3)sc2C2C=CC=C(N3CCN(c4ccc(F)cc4Cl)C3=O)C2F)n1. The highest BCUT2D eigenvalue weighted by Crippen LogP contribution is 2.44. The molecule has 3 aromatic rings. The van der Waals surface area contributed by atoms with Crippen LogP contribution in [0.15, 0.2) is 54.4 Å². The third-order valence-electron chi connectivity index (χ3n) is 6.85. The van der Waals surface area contributed by atoms with E-state index in [4.69, 9.17) is 27.1 Å². The van der Waals surface area contributed by atoms with Gasteiger partial charge in [0.1, 0.15) is 11.5 Å². The van der Waals surface area contributed by atoms with Gasteiger partial charge in [0.25, 0.3) is 0 Å².